The van der Waals surface area contributed by atoms with Crippen LogP contribution in [0.15, 0.2) is 24.3 Å². The molecule has 17 heavy (non-hydrogen) atoms. The molecule has 0 saturated heterocycles. The first-order chi connectivity index (χ1) is 8.30. The second kappa shape index (κ2) is 4.98. The van der Waals surface area contributed by atoms with Gasteiger partial charge in [0.1, 0.15) is 0 Å². The molecule has 1 aromatic carbocycles. The van der Waals surface area contributed by atoms with Crippen LogP contribution in [0.1, 0.15) is 12.6 Å². The maximum absolute atomic E-state index is 9.07. The molecule has 2 aromatic rings. The van der Waals surface area contributed by atoms with E-state index in [9.17, 15) is 0 Å². The van der Waals surface area contributed by atoms with Gasteiger partial charge in [-0.05, 0) is 13.0 Å². The average Bonchev–Trinajstić information content (AvgIpc) is 2.74. The highest BCUT2D eigenvalue weighted by molar-refractivity contribution is 5.82. The molecule has 0 aliphatic heterocycles. The van der Waals surface area contributed by atoms with Gasteiger partial charge < -0.3 is 5.11 Å². The van der Waals surface area contributed by atoms with E-state index < -0.39 is 0 Å². The molecular formula is C13H15N3O. The summed E-state index contributed by atoms with van der Waals surface area (Å²) in [7, 11) is 0. The normalized spacial score (nSPS) is 12.5. The Morgan fingerprint density at radius 1 is 1.47 bits per heavy atom. The number of fused-ring (bicyclic) bond motifs is 1. The topological polar surface area (TPSA) is 61.8 Å². The zero-order valence-electron chi connectivity index (χ0n) is 9.80. The molecule has 4 heteroatoms. The summed E-state index contributed by atoms with van der Waals surface area (Å²) in [6, 6.07) is 10.1. The Morgan fingerprint density at radius 2 is 2.24 bits per heavy atom. The minimum atomic E-state index is -0.376. The summed E-state index contributed by atoms with van der Waals surface area (Å²) >= 11 is 0. The lowest BCUT2D eigenvalue weighted by Crippen LogP contribution is -2.08. The quantitative estimate of drug-likeness (QED) is 0.868. The monoisotopic (exact) mass is 229 g/mol. The van der Waals surface area contributed by atoms with Crippen LogP contribution in [0.2, 0.25) is 0 Å². The smallest absolute Gasteiger partial charge is 0.0750 e. The molecule has 0 spiro atoms. The fourth-order valence-electron chi connectivity index (χ4n) is 1.97. The van der Waals surface area contributed by atoms with Crippen LogP contribution in [0.3, 0.4) is 0 Å². The molecule has 1 unspecified atom stereocenters. The molecule has 2 rings (SSSR count). The minimum absolute atomic E-state index is 0.121. The van der Waals surface area contributed by atoms with Crippen molar-refractivity contribution < 1.29 is 5.11 Å². The summed E-state index contributed by atoms with van der Waals surface area (Å²) in [5.41, 5.74) is 1.97. The predicted octanol–water partition coefficient (Wildman–Crippen LogP) is 1.73. The van der Waals surface area contributed by atoms with Crippen LogP contribution in [0.25, 0.3) is 10.9 Å². The van der Waals surface area contributed by atoms with E-state index in [-0.39, 0.29) is 12.5 Å². The second-order valence-corrected chi connectivity index (χ2v) is 3.99. The van der Waals surface area contributed by atoms with E-state index in [2.05, 4.69) is 11.2 Å². The number of benzene rings is 1. The first-order valence-corrected chi connectivity index (χ1v) is 5.75. The first kappa shape index (κ1) is 11.6. The molecule has 4 nitrogen and oxygen atoms in total. The van der Waals surface area contributed by atoms with E-state index in [0.717, 1.165) is 23.1 Å². The lowest BCUT2D eigenvalue weighted by molar-refractivity contribution is 0.255. The van der Waals surface area contributed by atoms with Crippen LogP contribution in [0.5, 0.6) is 0 Å². The van der Waals surface area contributed by atoms with Crippen molar-refractivity contribution in [3.63, 3.8) is 0 Å². The van der Waals surface area contributed by atoms with Crippen molar-refractivity contribution in [3.05, 3.63) is 30.0 Å². The average molecular weight is 229 g/mol. The molecule has 0 aliphatic carbocycles. The zero-order valence-corrected chi connectivity index (χ0v) is 9.80. The number of aryl methyl sites for hydroxylation is 1. The highest BCUT2D eigenvalue weighted by Crippen LogP contribution is 2.20. The van der Waals surface area contributed by atoms with Gasteiger partial charge in [-0.1, -0.05) is 18.2 Å². The molecule has 0 saturated carbocycles. The van der Waals surface area contributed by atoms with E-state index >= 15 is 0 Å². The molecule has 1 aromatic heterocycles. The molecule has 0 amide bonds. The molecule has 1 atom stereocenters. The molecule has 0 bridgehead atoms. The fraction of sp³-hybridized carbons (Fsp3) is 0.385. The van der Waals surface area contributed by atoms with Gasteiger partial charge in [0, 0.05) is 18.4 Å². The lowest BCUT2D eigenvalue weighted by atomic mass is 10.0. The number of aromatic nitrogens is 2. The van der Waals surface area contributed by atoms with Gasteiger partial charge in [0.2, 0.25) is 0 Å². The number of aliphatic hydroxyl groups is 1. The van der Waals surface area contributed by atoms with Crippen LogP contribution in [0.4, 0.5) is 0 Å². The third-order valence-corrected chi connectivity index (χ3v) is 2.88. The van der Waals surface area contributed by atoms with Crippen molar-refractivity contribution >= 4 is 10.9 Å². The molecule has 0 radical (unpaired) electrons. The fourth-order valence-corrected chi connectivity index (χ4v) is 1.97. The van der Waals surface area contributed by atoms with E-state index in [1.54, 1.807) is 0 Å². The summed E-state index contributed by atoms with van der Waals surface area (Å²) in [6.07, 6.45) is 0.501. The number of hydrogen-bond acceptors (Lipinski definition) is 3. The van der Waals surface area contributed by atoms with Gasteiger partial charge >= 0.3 is 0 Å². The number of para-hydroxylation sites is 1. The standard InChI is InChI=1S/C13H15N3O/c1-2-16-13-6-4-3-5-11(13)12(15-16)7-10(8-14)9-17/h3-6,10,17H,2,7,9H2,1H3. The van der Waals surface area contributed by atoms with Gasteiger partial charge in [0.05, 0.1) is 29.8 Å². The van der Waals surface area contributed by atoms with Gasteiger partial charge in [-0.15, -0.1) is 0 Å². The van der Waals surface area contributed by atoms with Crippen LogP contribution in [0, 0.1) is 17.2 Å². The van der Waals surface area contributed by atoms with Gasteiger partial charge in [-0.25, -0.2) is 0 Å². The third kappa shape index (κ3) is 2.15. The molecule has 88 valence electrons. The summed E-state index contributed by atoms with van der Waals surface area (Å²) in [5, 5.41) is 23.5. The van der Waals surface area contributed by atoms with E-state index in [1.807, 2.05) is 35.9 Å². The number of aliphatic hydroxyl groups excluding tert-OH is 1. The van der Waals surface area contributed by atoms with Gasteiger partial charge in [0.15, 0.2) is 0 Å². The van der Waals surface area contributed by atoms with E-state index in [1.165, 1.54) is 0 Å². The van der Waals surface area contributed by atoms with Crippen molar-refractivity contribution in [2.45, 2.75) is 19.9 Å². The lowest BCUT2D eigenvalue weighted by Gasteiger charge is -2.01. The largest absolute Gasteiger partial charge is 0.395 e. The highest BCUT2D eigenvalue weighted by Gasteiger charge is 2.14. The third-order valence-electron chi connectivity index (χ3n) is 2.88. The van der Waals surface area contributed by atoms with Crippen LogP contribution < -0.4 is 0 Å². The molecule has 0 fully saturated rings. The number of nitrogens with zero attached hydrogens (tertiary/aromatic N) is 3. The van der Waals surface area contributed by atoms with Crippen molar-refractivity contribution in [2.75, 3.05) is 6.61 Å². The Bertz CT molecular complexity index is 553. The Balaban J connectivity index is 2.44. The van der Waals surface area contributed by atoms with Crippen molar-refractivity contribution in [1.82, 2.24) is 9.78 Å². The summed E-state index contributed by atoms with van der Waals surface area (Å²) < 4.78 is 1.93. The molecule has 1 heterocycles. The second-order valence-electron chi connectivity index (χ2n) is 3.99. The molecular weight excluding hydrogens is 214 g/mol. The Labute approximate surface area is 100 Å². The molecule has 0 aliphatic rings. The van der Waals surface area contributed by atoms with Gasteiger partial charge in [-0.3, -0.25) is 4.68 Å². The van der Waals surface area contributed by atoms with Crippen molar-refractivity contribution in [1.29, 1.82) is 5.26 Å². The highest BCUT2D eigenvalue weighted by atomic mass is 16.3. The SMILES string of the molecule is CCn1nc(CC(C#N)CO)c2ccccc21. The van der Waals surface area contributed by atoms with E-state index in [4.69, 9.17) is 10.4 Å². The van der Waals surface area contributed by atoms with Crippen LogP contribution >= 0.6 is 0 Å². The molecule has 1 N–H and O–H groups in total. The maximum Gasteiger partial charge on any atom is 0.0750 e. The van der Waals surface area contributed by atoms with Crippen molar-refractivity contribution in [3.8, 4) is 6.07 Å². The Kier molecular flexibility index (Phi) is 3.40. The van der Waals surface area contributed by atoms with Gasteiger partial charge in [0.25, 0.3) is 0 Å². The Morgan fingerprint density at radius 3 is 2.88 bits per heavy atom. The number of hydrogen-bond donors (Lipinski definition) is 1. The zero-order chi connectivity index (χ0) is 12.3. The van der Waals surface area contributed by atoms with Crippen molar-refractivity contribution in [2.24, 2.45) is 5.92 Å². The van der Waals surface area contributed by atoms with Crippen LogP contribution in [-0.4, -0.2) is 21.5 Å². The summed E-state index contributed by atoms with van der Waals surface area (Å²) in [5.74, 6) is -0.376. The summed E-state index contributed by atoms with van der Waals surface area (Å²) in [4.78, 5) is 0. The predicted molar refractivity (Wildman–Crippen MR) is 65.3 cm³/mol. The number of rotatable bonds is 4. The van der Waals surface area contributed by atoms with E-state index in [0.29, 0.717) is 6.42 Å². The minimum Gasteiger partial charge on any atom is -0.395 e. The number of nitriles is 1. The first-order valence-electron chi connectivity index (χ1n) is 5.75. The van der Waals surface area contributed by atoms with Crippen LogP contribution in [-0.2, 0) is 13.0 Å². The summed E-state index contributed by atoms with van der Waals surface area (Å²) in [6.45, 7) is 2.72. The van der Waals surface area contributed by atoms with Gasteiger partial charge in [-0.2, -0.15) is 10.4 Å². The Hall–Kier alpha value is -1.86. The maximum atomic E-state index is 9.07.